The fourth-order valence-corrected chi connectivity index (χ4v) is 5.45. The summed E-state index contributed by atoms with van der Waals surface area (Å²) in [5.74, 6) is -0.847. The Bertz CT molecular complexity index is 727. The van der Waals surface area contributed by atoms with Gasteiger partial charge in [0.2, 0.25) is 0 Å². The second-order valence-electron chi connectivity index (χ2n) is 6.75. The van der Waals surface area contributed by atoms with E-state index in [-0.39, 0.29) is 23.8 Å². The molecule has 0 saturated carbocycles. The van der Waals surface area contributed by atoms with Crippen molar-refractivity contribution in [3.05, 3.63) is 49.9 Å². The van der Waals surface area contributed by atoms with E-state index in [1.54, 1.807) is 22.7 Å². The van der Waals surface area contributed by atoms with Crippen LogP contribution in [0.25, 0.3) is 5.57 Å². The van der Waals surface area contributed by atoms with E-state index in [0.717, 1.165) is 32.4 Å². The van der Waals surface area contributed by atoms with Gasteiger partial charge in [0.15, 0.2) is 0 Å². The largest absolute Gasteiger partial charge is 0.481 e. The number of aliphatic carboxylic acids is 1. The van der Waals surface area contributed by atoms with Crippen molar-refractivity contribution >= 4 is 46.6 Å². The molecule has 27 heavy (non-hydrogen) atoms. The molecule has 1 saturated heterocycles. The van der Waals surface area contributed by atoms with Crippen LogP contribution in [0.15, 0.2) is 29.0 Å². The maximum Gasteiger partial charge on any atom is 0.307 e. The van der Waals surface area contributed by atoms with E-state index < -0.39 is 5.97 Å². The van der Waals surface area contributed by atoms with Crippen molar-refractivity contribution in [2.75, 3.05) is 19.6 Å². The molecular formula is C20H28ClNO3S2. The fraction of sp³-hybridized carbons (Fsp3) is 0.450. The van der Waals surface area contributed by atoms with Crippen LogP contribution in [-0.2, 0) is 4.79 Å². The third-order valence-electron chi connectivity index (χ3n) is 4.86. The standard InChI is InChI=1S/C20H25NO2S2.ClH.H2O/c1-14-7-11-24-18(14)17(19-15(2)8-12-25-19)6-4-10-21-9-3-5-16(13-21)20(22)23;;/h6-8,11-12,16H,3-5,9-10,13H2,1-2H3,(H,22,23);1H;1H2. The first kappa shape index (κ1) is 23.9. The lowest BCUT2D eigenvalue weighted by atomic mass is 9.98. The van der Waals surface area contributed by atoms with Gasteiger partial charge in [0.1, 0.15) is 0 Å². The first-order chi connectivity index (χ1) is 12.1. The molecule has 1 aliphatic heterocycles. The molecule has 3 heterocycles. The van der Waals surface area contributed by atoms with E-state index >= 15 is 0 Å². The van der Waals surface area contributed by atoms with Gasteiger partial charge >= 0.3 is 5.97 Å². The maximum absolute atomic E-state index is 11.2. The number of hydrogen-bond donors (Lipinski definition) is 1. The first-order valence-corrected chi connectivity index (χ1v) is 10.6. The summed E-state index contributed by atoms with van der Waals surface area (Å²) in [6.07, 6.45) is 5.11. The van der Waals surface area contributed by atoms with E-state index in [0.29, 0.717) is 6.54 Å². The number of aryl methyl sites for hydroxylation is 2. The van der Waals surface area contributed by atoms with Crippen LogP contribution in [0.2, 0.25) is 0 Å². The minimum absolute atomic E-state index is 0. The molecule has 0 aromatic carbocycles. The van der Waals surface area contributed by atoms with Gasteiger partial charge in [0.25, 0.3) is 0 Å². The van der Waals surface area contributed by atoms with E-state index in [9.17, 15) is 9.90 Å². The van der Waals surface area contributed by atoms with E-state index in [2.05, 4.69) is 47.7 Å². The Kier molecular flexibility index (Phi) is 9.70. The van der Waals surface area contributed by atoms with Crippen LogP contribution in [-0.4, -0.2) is 41.1 Å². The number of carbonyl (C=O) groups is 1. The number of thiophene rings is 2. The van der Waals surface area contributed by atoms with Crippen molar-refractivity contribution in [1.82, 2.24) is 4.90 Å². The van der Waals surface area contributed by atoms with Crippen LogP contribution < -0.4 is 0 Å². The van der Waals surface area contributed by atoms with Gasteiger partial charge in [0.05, 0.1) is 5.92 Å². The molecule has 1 aliphatic rings. The molecule has 3 rings (SSSR count). The number of carboxylic acid groups (broad SMARTS) is 1. The molecule has 0 spiro atoms. The highest BCUT2D eigenvalue weighted by molar-refractivity contribution is 7.14. The smallest absolute Gasteiger partial charge is 0.307 e. The molecule has 2 aromatic rings. The third-order valence-corrected chi connectivity index (χ3v) is 6.96. The maximum atomic E-state index is 11.2. The highest BCUT2D eigenvalue weighted by atomic mass is 35.5. The second kappa shape index (κ2) is 11.0. The molecule has 2 aromatic heterocycles. The van der Waals surface area contributed by atoms with E-state index in [4.69, 9.17) is 0 Å². The zero-order chi connectivity index (χ0) is 17.8. The number of carboxylic acids is 1. The van der Waals surface area contributed by atoms with Gasteiger partial charge in [-0.05, 0) is 73.7 Å². The topological polar surface area (TPSA) is 72.0 Å². The molecule has 0 amide bonds. The average Bonchev–Trinajstić information content (AvgIpc) is 3.21. The lowest BCUT2D eigenvalue weighted by molar-refractivity contribution is -0.143. The molecule has 1 unspecified atom stereocenters. The summed E-state index contributed by atoms with van der Waals surface area (Å²) in [4.78, 5) is 16.2. The Balaban J connectivity index is 0.00000182. The molecule has 7 heteroatoms. The van der Waals surface area contributed by atoms with Gasteiger partial charge in [-0.15, -0.1) is 35.1 Å². The molecule has 0 radical (unpaired) electrons. The van der Waals surface area contributed by atoms with Crippen LogP contribution >= 0.6 is 35.1 Å². The summed E-state index contributed by atoms with van der Waals surface area (Å²) in [6.45, 7) is 6.98. The molecule has 1 fully saturated rings. The van der Waals surface area contributed by atoms with E-state index in [1.807, 2.05) is 0 Å². The Morgan fingerprint density at radius 3 is 2.30 bits per heavy atom. The molecule has 0 aliphatic carbocycles. The quantitative estimate of drug-likeness (QED) is 0.726. The minimum atomic E-state index is -0.649. The predicted molar refractivity (Wildman–Crippen MR) is 117 cm³/mol. The predicted octanol–water partition coefficient (Wildman–Crippen LogP) is 4.64. The number of piperidine rings is 1. The number of likely N-dealkylation sites (tertiary alicyclic amines) is 1. The first-order valence-electron chi connectivity index (χ1n) is 8.80. The lowest BCUT2D eigenvalue weighted by Gasteiger charge is -2.30. The van der Waals surface area contributed by atoms with Gasteiger partial charge in [-0.3, -0.25) is 4.79 Å². The van der Waals surface area contributed by atoms with Gasteiger partial charge < -0.3 is 15.5 Å². The summed E-state index contributed by atoms with van der Waals surface area (Å²) in [5, 5.41) is 13.6. The molecule has 1 atom stereocenters. The van der Waals surface area contributed by atoms with Crippen molar-refractivity contribution in [2.45, 2.75) is 33.1 Å². The van der Waals surface area contributed by atoms with Crippen molar-refractivity contribution in [1.29, 1.82) is 0 Å². The summed E-state index contributed by atoms with van der Waals surface area (Å²) in [7, 11) is 0. The second-order valence-corrected chi connectivity index (χ2v) is 8.58. The molecule has 3 N–H and O–H groups in total. The Labute approximate surface area is 175 Å². The zero-order valence-electron chi connectivity index (χ0n) is 15.7. The van der Waals surface area contributed by atoms with Gasteiger partial charge in [0, 0.05) is 28.4 Å². The molecule has 0 bridgehead atoms. The van der Waals surface area contributed by atoms with Gasteiger partial charge in [-0.1, -0.05) is 6.08 Å². The highest BCUT2D eigenvalue weighted by Crippen LogP contribution is 2.35. The van der Waals surface area contributed by atoms with Gasteiger partial charge in [-0.2, -0.15) is 0 Å². The SMILES string of the molecule is Cc1ccsc1C(=CCCN1CCCC(C(=O)O)C1)c1sccc1C.Cl.O. The van der Waals surface area contributed by atoms with E-state index in [1.165, 1.54) is 26.5 Å². The van der Waals surface area contributed by atoms with Crippen LogP contribution in [0.1, 0.15) is 40.1 Å². The summed E-state index contributed by atoms with van der Waals surface area (Å²) < 4.78 is 0. The Morgan fingerprint density at radius 1 is 1.22 bits per heavy atom. The molecule has 150 valence electrons. The molecule has 4 nitrogen and oxygen atoms in total. The number of rotatable bonds is 6. The third kappa shape index (κ3) is 5.90. The lowest BCUT2D eigenvalue weighted by Crippen LogP contribution is -2.39. The van der Waals surface area contributed by atoms with Crippen LogP contribution in [0.4, 0.5) is 0 Å². The minimum Gasteiger partial charge on any atom is -0.481 e. The molecular weight excluding hydrogens is 402 g/mol. The Hall–Kier alpha value is -1.18. The van der Waals surface area contributed by atoms with Crippen molar-refractivity contribution in [2.24, 2.45) is 5.92 Å². The zero-order valence-corrected chi connectivity index (χ0v) is 18.2. The van der Waals surface area contributed by atoms with Crippen molar-refractivity contribution < 1.29 is 15.4 Å². The van der Waals surface area contributed by atoms with Crippen LogP contribution in [0, 0.1) is 19.8 Å². The average molecular weight is 430 g/mol. The number of halogens is 1. The van der Waals surface area contributed by atoms with Gasteiger partial charge in [-0.25, -0.2) is 0 Å². The highest BCUT2D eigenvalue weighted by Gasteiger charge is 2.24. The Morgan fingerprint density at radius 2 is 1.81 bits per heavy atom. The number of hydrogen-bond acceptors (Lipinski definition) is 4. The summed E-state index contributed by atoms with van der Waals surface area (Å²) >= 11 is 3.60. The fourth-order valence-electron chi connectivity index (χ4n) is 3.44. The van der Waals surface area contributed by atoms with Crippen molar-refractivity contribution in [3.63, 3.8) is 0 Å². The van der Waals surface area contributed by atoms with Crippen LogP contribution in [0.5, 0.6) is 0 Å². The van der Waals surface area contributed by atoms with Crippen molar-refractivity contribution in [3.8, 4) is 0 Å². The van der Waals surface area contributed by atoms with Crippen LogP contribution in [0.3, 0.4) is 0 Å². The summed E-state index contributed by atoms with van der Waals surface area (Å²) in [5.41, 5.74) is 3.99. The summed E-state index contributed by atoms with van der Waals surface area (Å²) in [6, 6.07) is 4.36. The monoisotopic (exact) mass is 429 g/mol. The normalized spacial score (nSPS) is 16.9. The number of nitrogens with zero attached hydrogens (tertiary/aromatic N) is 1.